The Kier molecular flexibility index (Phi) is 3.26. The average molecular weight is 230 g/mol. The van der Waals surface area contributed by atoms with Gasteiger partial charge >= 0.3 is 0 Å². The third-order valence-corrected chi connectivity index (χ3v) is 1.76. The number of aliphatic hydroxyl groups is 1. The van der Waals surface area contributed by atoms with Crippen LogP contribution in [0, 0.1) is 11.8 Å². The molecule has 0 atom stereocenters. The van der Waals surface area contributed by atoms with E-state index in [0.29, 0.717) is 11.0 Å². The number of hydrogen-bond acceptors (Lipinski definition) is 3. The molecule has 1 aromatic heterocycles. The molecule has 1 heterocycles. The Hall–Kier alpha value is -0.860. The molecule has 0 unspecified atom stereocenters. The Labute approximate surface area is 78.7 Å². The highest BCUT2D eigenvalue weighted by Gasteiger charge is 2.02. The molecule has 1 aromatic rings. The summed E-state index contributed by atoms with van der Waals surface area (Å²) < 4.78 is 2.21. The molecule has 0 aromatic carbocycles. The molecule has 0 saturated heterocycles. The first-order valence-electron chi connectivity index (χ1n) is 3.40. The number of nitrogens with zero attached hydrogens (tertiary/aromatic N) is 3. The van der Waals surface area contributed by atoms with Crippen molar-refractivity contribution in [3.05, 3.63) is 10.3 Å². The molecule has 0 radical (unpaired) electrons. The lowest BCUT2D eigenvalue weighted by Gasteiger charge is -1.88. The molecule has 12 heavy (non-hydrogen) atoms. The zero-order valence-electron chi connectivity index (χ0n) is 6.58. The Bertz CT molecular complexity index is 304. The van der Waals surface area contributed by atoms with Gasteiger partial charge in [0.2, 0.25) is 0 Å². The van der Waals surface area contributed by atoms with E-state index in [9.17, 15) is 0 Å². The highest BCUT2D eigenvalue weighted by Crippen LogP contribution is 2.09. The SMILES string of the molecule is Cn1nnc(Br)c1C#CCCO. The van der Waals surface area contributed by atoms with Gasteiger partial charge in [0.1, 0.15) is 5.69 Å². The zero-order valence-corrected chi connectivity index (χ0v) is 8.17. The molecule has 0 aliphatic rings. The van der Waals surface area contributed by atoms with Gasteiger partial charge in [0.05, 0.1) is 6.61 Å². The van der Waals surface area contributed by atoms with Crippen LogP contribution in [0.3, 0.4) is 0 Å². The fraction of sp³-hybridized carbons (Fsp3) is 0.429. The summed E-state index contributed by atoms with van der Waals surface area (Å²) in [6, 6.07) is 0. The quantitative estimate of drug-likeness (QED) is 0.706. The first kappa shape index (κ1) is 9.23. The third kappa shape index (κ3) is 2.06. The topological polar surface area (TPSA) is 50.9 Å². The van der Waals surface area contributed by atoms with E-state index in [-0.39, 0.29) is 6.61 Å². The maximum Gasteiger partial charge on any atom is 0.164 e. The van der Waals surface area contributed by atoms with Gasteiger partial charge in [-0.2, -0.15) is 0 Å². The van der Waals surface area contributed by atoms with Crippen molar-refractivity contribution in [3.8, 4) is 11.8 Å². The molecule has 0 aliphatic heterocycles. The maximum atomic E-state index is 8.48. The van der Waals surface area contributed by atoms with E-state index in [0.717, 1.165) is 5.69 Å². The fourth-order valence-electron chi connectivity index (χ4n) is 0.667. The molecular weight excluding hydrogens is 222 g/mol. The van der Waals surface area contributed by atoms with Gasteiger partial charge in [0, 0.05) is 13.5 Å². The van der Waals surface area contributed by atoms with E-state index in [2.05, 4.69) is 38.1 Å². The minimum absolute atomic E-state index is 0.0793. The van der Waals surface area contributed by atoms with Gasteiger partial charge in [0.15, 0.2) is 4.60 Å². The number of aryl methyl sites for hydroxylation is 1. The van der Waals surface area contributed by atoms with Crippen LogP contribution in [0.15, 0.2) is 4.60 Å². The van der Waals surface area contributed by atoms with Gasteiger partial charge < -0.3 is 5.11 Å². The molecule has 4 nitrogen and oxygen atoms in total. The standard InChI is InChI=1S/C7H8BrN3O/c1-11-6(4-2-3-5-12)7(8)9-10-11/h12H,3,5H2,1H3. The summed E-state index contributed by atoms with van der Waals surface area (Å²) in [6.45, 7) is 0.0793. The van der Waals surface area contributed by atoms with Crippen LogP contribution in [-0.4, -0.2) is 26.7 Å². The zero-order chi connectivity index (χ0) is 8.97. The Morgan fingerprint density at radius 1 is 1.67 bits per heavy atom. The molecule has 0 fully saturated rings. The van der Waals surface area contributed by atoms with Crippen LogP contribution in [0.1, 0.15) is 12.1 Å². The second-order valence-electron chi connectivity index (χ2n) is 2.13. The lowest BCUT2D eigenvalue weighted by molar-refractivity contribution is 0.305. The lowest BCUT2D eigenvalue weighted by atomic mass is 10.4. The number of hydrogen-bond donors (Lipinski definition) is 1. The van der Waals surface area contributed by atoms with E-state index in [1.54, 1.807) is 11.7 Å². The second-order valence-corrected chi connectivity index (χ2v) is 2.88. The van der Waals surface area contributed by atoms with Crippen LogP contribution in [0.2, 0.25) is 0 Å². The molecule has 0 bridgehead atoms. The predicted molar refractivity (Wildman–Crippen MR) is 47.3 cm³/mol. The van der Waals surface area contributed by atoms with Gasteiger partial charge in [0.25, 0.3) is 0 Å². The Morgan fingerprint density at radius 3 is 2.92 bits per heavy atom. The number of aliphatic hydroxyl groups excluding tert-OH is 1. The van der Waals surface area contributed by atoms with Crippen LogP contribution in [0.25, 0.3) is 0 Å². The molecule has 0 aliphatic carbocycles. The van der Waals surface area contributed by atoms with Crippen molar-refractivity contribution in [2.24, 2.45) is 7.05 Å². The van der Waals surface area contributed by atoms with Crippen molar-refractivity contribution in [2.75, 3.05) is 6.61 Å². The molecule has 0 amide bonds. The molecule has 1 rings (SSSR count). The maximum absolute atomic E-state index is 8.48. The molecular formula is C7H8BrN3O. The van der Waals surface area contributed by atoms with Gasteiger partial charge in [-0.25, -0.2) is 4.68 Å². The molecule has 0 spiro atoms. The van der Waals surface area contributed by atoms with Crippen molar-refractivity contribution >= 4 is 15.9 Å². The monoisotopic (exact) mass is 229 g/mol. The van der Waals surface area contributed by atoms with Gasteiger partial charge in [-0.3, -0.25) is 0 Å². The van der Waals surface area contributed by atoms with E-state index in [4.69, 9.17) is 5.11 Å². The summed E-state index contributed by atoms with van der Waals surface area (Å²) in [4.78, 5) is 0. The molecule has 64 valence electrons. The van der Waals surface area contributed by atoms with Gasteiger partial charge in [-0.1, -0.05) is 11.1 Å². The predicted octanol–water partition coefficient (Wildman–Crippen LogP) is 0.311. The minimum Gasteiger partial charge on any atom is -0.395 e. The Balaban J connectivity index is 2.82. The minimum atomic E-state index is 0.0793. The third-order valence-electron chi connectivity index (χ3n) is 1.23. The molecule has 0 saturated carbocycles. The van der Waals surface area contributed by atoms with E-state index >= 15 is 0 Å². The van der Waals surface area contributed by atoms with E-state index in [1.165, 1.54) is 0 Å². The summed E-state index contributed by atoms with van der Waals surface area (Å²) >= 11 is 3.21. The van der Waals surface area contributed by atoms with E-state index in [1.807, 2.05) is 0 Å². The summed E-state index contributed by atoms with van der Waals surface area (Å²) in [6.07, 6.45) is 0.470. The van der Waals surface area contributed by atoms with Crippen molar-refractivity contribution in [3.63, 3.8) is 0 Å². The van der Waals surface area contributed by atoms with Crippen LogP contribution in [0.4, 0.5) is 0 Å². The summed E-state index contributed by atoms with van der Waals surface area (Å²) in [7, 11) is 1.76. The van der Waals surface area contributed by atoms with Crippen LogP contribution in [-0.2, 0) is 7.05 Å². The van der Waals surface area contributed by atoms with Crippen molar-refractivity contribution in [1.29, 1.82) is 0 Å². The summed E-state index contributed by atoms with van der Waals surface area (Å²) in [5, 5.41) is 16.0. The highest BCUT2D eigenvalue weighted by molar-refractivity contribution is 9.10. The smallest absolute Gasteiger partial charge is 0.164 e. The highest BCUT2D eigenvalue weighted by atomic mass is 79.9. The van der Waals surface area contributed by atoms with Crippen LogP contribution < -0.4 is 0 Å². The first-order valence-corrected chi connectivity index (χ1v) is 4.20. The van der Waals surface area contributed by atoms with Crippen LogP contribution in [0.5, 0.6) is 0 Å². The number of aromatic nitrogens is 3. The number of rotatable bonds is 1. The van der Waals surface area contributed by atoms with Crippen molar-refractivity contribution < 1.29 is 5.11 Å². The Morgan fingerprint density at radius 2 is 2.42 bits per heavy atom. The average Bonchev–Trinajstić information content (AvgIpc) is 2.35. The van der Waals surface area contributed by atoms with Crippen LogP contribution >= 0.6 is 15.9 Å². The lowest BCUT2D eigenvalue weighted by Crippen LogP contribution is -1.93. The van der Waals surface area contributed by atoms with Gasteiger partial charge in [-0.15, -0.1) is 5.10 Å². The largest absolute Gasteiger partial charge is 0.395 e. The van der Waals surface area contributed by atoms with Crippen molar-refractivity contribution in [1.82, 2.24) is 15.0 Å². The second kappa shape index (κ2) is 4.24. The normalized spacial score (nSPS) is 9.25. The molecule has 1 N–H and O–H groups in total. The fourth-order valence-corrected chi connectivity index (χ4v) is 1.09. The summed E-state index contributed by atoms with van der Waals surface area (Å²) in [5.41, 5.74) is 0.725. The summed E-state index contributed by atoms with van der Waals surface area (Å²) in [5.74, 6) is 5.63. The van der Waals surface area contributed by atoms with E-state index < -0.39 is 0 Å². The molecule has 5 heteroatoms. The number of halogens is 1. The van der Waals surface area contributed by atoms with Crippen molar-refractivity contribution in [2.45, 2.75) is 6.42 Å². The first-order chi connectivity index (χ1) is 5.75. The van der Waals surface area contributed by atoms with Gasteiger partial charge in [-0.05, 0) is 21.9 Å².